The number of pyridine rings is 1. The van der Waals surface area contributed by atoms with Crippen LogP contribution in [0.25, 0.3) is 5.65 Å². The molecule has 0 unspecified atom stereocenters. The summed E-state index contributed by atoms with van der Waals surface area (Å²) in [5, 5.41) is 11.9. The van der Waals surface area contributed by atoms with Crippen LogP contribution in [0.5, 0.6) is 5.75 Å². The molecule has 7 nitrogen and oxygen atoms in total. The van der Waals surface area contributed by atoms with Crippen molar-refractivity contribution < 1.29 is 9.53 Å². The van der Waals surface area contributed by atoms with Crippen LogP contribution in [0.2, 0.25) is 0 Å². The minimum absolute atomic E-state index is 0.114. The highest BCUT2D eigenvalue weighted by Gasteiger charge is 2.24. The third kappa shape index (κ3) is 4.34. The summed E-state index contributed by atoms with van der Waals surface area (Å²) in [5.41, 5.74) is 3.13. The van der Waals surface area contributed by atoms with Crippen molar-refractivity contribution in [2.45, 2.75) is 38.6 Å². The molecule has 1 aliphatic rings. The Morgan fingerprint density at radius 3 is 2.62 bits per heavy atom. The van der Waals surface area contributed by atoms with Gasteiger partial charge in [0.1, 0.15) is 5.75 Å². The van der Waals surface area contributed by atoms with E-state index < -0.39 is 0 Å². The maximum atomic E-state index is 12.4. The highest BCUT2D eigenvalue weighted by molar-refractivity contribution is 5.76. The van der Waals surface area contributed by atoms with Gasteiger partial charge in [0.15, 0.2) is 5.65 Å². The van der Waals surface area contributed by atoms with Gasteiger partial charge in [-0.15, -0.1) is 10.2 Å². The van der Waals surface area contributed by atoms with Crippen molar-refractivity contribution in [3.63, 3.8) is 0 Å². The summed E-state index contributed by atoms with van der Waals surface area (Å²) in [6.45, 7) is 3.78. The third-order valence-corrected chi connectivity index (χ3v) is 5.55. The Hall–Kier alpha value is -3.09. The molecule has 1 fully saturated rings. The van der Waals surface area contributed by atoms with Crippen LogP contribution in [0.1, 0.15) is 30.5 Å². The van der Waals surface area contributed by atoms with E-state index in [9.17, 15) is 4.79 Å². The maximum Gasteiger partial charge on any atom is 0.231 e. The highest BCUT2D eigenvalue weighted by atomic mass is 16.5. The molecule has 7 heteroatoms. The monoisotopic (exact) mass is 393 g/mol. The van der Waals surface area contributed by atoms with Gasteiger partial charge in [0.25, 0.3) is 0 Å². The SMILES string of the molecule is COc1ccc(CCC(=O)NC2CCN(c3nnc4cccc(C)n34)CC2)cc1. The van der Waals surface area contributed by atoms with Gasteiger partial charge in [0, 0.05) is 31.2 Å². The summed E-state index contributed by atoms with van der Waals surface area (Å²) in [4.78, 5) is 14.6. The quantitative estimate of drug-likeness (QED) is 0.697. The number of fused-ring (bicyclic) bond motifs is 1. The van der Waals surface area contributed by atoms with Gasteiger partial charge in [-0.3, -0.25) is 9.20 Å². The van der Waals surface area contributed by atoms with Crippen molar-refractivity contribution in [3.05, 3.63) is 53.7 Å². The molecule has 0 aliphatic carbocycles. The standard InChI is InChI=1S/C22H27N5O2/c1-16-4-3-5-20-24-25-22(27(16)20)26-14-12-18(13-15-26)23-21(28)11-8-17-6-9-19(29-2)10-7-17/h3-7,9-10,18H,8,11-15H2,1-2H3,(H,23,28). The second-order valence-corrected chi connectivity index (χ2v) is 7.54. The average Bonchev–Trinajstić information content (AvgIpc) is 3.19. The number of rotatable bonds is 6. The smallest absolute Gasteiger partial charge is 0.231 e. The normalized spacial score (nSPS) is 14.9. The van der Waals surface area contributed by atoms with Crippen molar-refractivity contribution in [1.29, 1.82) is 0 Å². The van der Waals surface area contributed by atoms with Crippen LogP contribution < -0.4 is 15.0 Å². The molecule has 3 heterocycles. The first-order valence-corrected chi connectivity index (χ1v) is 10.1. The summed E-state index contributed by atoms with van der Waals surface area (Å²) in [6.07, 6.45) is 3.06. The zero-order valence-electron chi connectivity index (χ0n) is 17.0. The number of amides is 1. The van der Waals surface area contributed by atoms with Crippen molar-refractivity contribution in [1.82, 2.24) is 19.9 Å². The molecule has 1 aliphatic heterocycles. The molecule has 1 aromatic carbocycles. The molecule has 29 heavy (non-hydrogen) atoms. The summed E-state index contributed by atoms with van der Waals surface area (Å²) in [5.74, 6) is 1.84. The lowest BCUT2D eigenvalue weighted by Crippen LogP contribution is -2.45. The predicted molar refractivity (Wildman–Crippen MR) is 112 cm³/mol. The first-order valence-electron chi connectivity index (χ1n) is 10.1. The number of carbonyl (C=O) groups excluding carboxylic acids is 1. The van der Waals surface area contributed by atoms with Crippen LogP contribution >= 0.6 is 0 Å². The maximum absolute atomic E-state index is 12.4. The fourth-order valence-electron chi connectivity index (χ4n) is 3.86. The lowest BCUT2D eigenvalue weighted by atomic mass is 10.0. The van der Waals surface area contributed by atoms with E-state index in [1.54, 1.807) is 7.11 Å². The molecule has 0 saturated carbocycles. The number of hydrogen-bond donors (Lipinski definition) is 1. The Labute approximate surface area is 170 Å². The van der Waals surface area contributed by atoms with Crippen molar-refractivity contribution in [2.24, 2.45) is 0 Å². The van der Waals surface area contributed by atoms with Gasteiger partial charge in [-0.05, 0) is 56.0 Å². The fourth-order valence-corrected chi connectivity index (χ4v) is 3.86. The number of piperidine rings is 1. The summed E-state index contributed by atoms with van der Waals surface area (Å²) < 4.78 is 7.26. The van der Waals surface area contributed by atoms with Gasteiger partial charge < -0.3 is 15.0 Å². The number of nitrogens with one attached hydrogen (secondary N) is 1. The van der Waals surface area contributed by atoms with Gasteiger partial charge in [0.05, 0.1) is 7.11 Å². The van der Waals surface area contributed by atoms with Gasteiger partial charge in [-0.1, -0.05) is 18.2 Å². The largest absolute Gasteiger partial charge is 0.497 e. The Bertz CT molecular complexity index is 975. The lowest BCUT2D eigenvalue weighted by molar-refractivity contribution is -0.121. The second kappa shape index (κ2) is 8.51. The predicted octanol–water partition coefficient (Wildman–Crippen LogP) is 2.76. The third-order valence-electron chi connectivity index (χ3n) is 5.55. The van der Waals surface area contributed by atoms with E-state index in [4.69, 9.17) is 4.74 Å². The van der Waals surface area contributed by atoms with Crippen molar-refractivity contribution in [2.75, 3.05) is 25.1 Å². The topological polar surface area (TPSA) is 71.8 Å². The van der Waals surface area contributed by atoms with Crippen LogP contribution in [-0.2, 0) is 11.2 Å². The molecular weight excluding hydrogens is 366 g/mol. The molecule has 0 atom stereocenters. The highest BCUT2D eigenvalue weighted by Crippen LogP contribution is 2.21. The Morgan fingerprint density at radius 1 is 1.14 bits per heavy atom. The summed E-state index contributed by atoms with van der Waals surface area (Å²) in [7, 11) is 1.65. The number of anilines is 1. The van der Waals surface area contributed by atoms with E-state index in [1.165, 1.54) is 0 Å². The molecule has 4 rings (SSSR count). The number of nitrogens with zero attached hydrogens (tertiary/aromatic N) is 4. The Balaban J connectivity index is 1.27. The van der Waals surface area contributed by atoms with E-state index in [0.717, 1.165) is 61.0 Å². The summed E-state index contributed by atoms with van der Waals surface area (Å²) in [6, 6.07) is 14.1. The van der Waals surface area contributed by atoms with Gasteiger partial charge >= 0.3 is 0 Å². The van der Waals surface area contributed by atoms with E-state index in [2.05, 4.69) is 37.8 Å². The Morgan fingerprint density at radius 2 is 1.90 bits per heavy atom. The molecule has 152 valence electrons. The number of carbonyl (C=O) groups is 1. The van der Waals surface area contributed by atoms with Crippen LogP contribution in [-0.4, -0.2) is 46.7 Å². The van der Waals surface area contributed by atoms with Gasteiger partial charge in [0.2, 0.25) is 11.9 Å². The number of hydrogen-bond acceptors (Lipinski definition) is 5. The van der Waals surface area contributed by atoms with E-state index in [-0.39, 0.29) is 11.9 Å². The molecule has 0 spiro atoms. The fraction of sp³-hybridized carbons (Fsp3) is 0.409. The number of aryl methyl sites for hydroxylation is 2. The molecular formula is C22H27N5O2. The second-order valence-electron chi connectivity index (χ2n) is 7.54. The zero-order valence-corrected chi connectivity index (χ0v) is 17.0. The average molecular weight is 393 g/mol. The minimum atomic E-state index is 0.114. The molecule has 0 radical (unpaired) electrons. The molecule has 3 aromatic rings. The lowest BCUT2D eigenvalue weighted by Gasteiger charge is -2.32. The summed E-state index contributed by atoms with van der Waals surface area (Å²) >= 11 is 0. The first-order chi connectivity index (χ1) is 14.1. The van der Waals surface area contributed by atoms with Crippen LogP contribution in [0, 0.1) is 6.92 Å². The van der Waals surface area contributed by atoms with Crippen LogP contribution in [0.3, 0.4) is 0 Å². The zero-order chi connectivity index (χ0) is 20.2. The molecule has 1 amide bonds. The van der Waals surface area contributed by atoms with Crippen molar-refractivity contribution in [3.8, 4) is 5.75 Å². The molecule has 1 N–H and O–H groups in total. The van der Waals surface area contributed by atoms with Gasteiger partial charge in [-0.25, -0.2) is 0 Å². The van der Waals surface area contributed by atoms with E-state index in [0.29, 0.717) is 6.42 Å². The Kier molecular flexibility index (Phi) is 5.64. The number of aromatic nitrogens is 3. The van der Waals surface area contributed by atoms with Crippen molar-refractivity contribution >= 4 is 17.5 Å². The molecule has 1 saturated heterocycles. The van der Waals surface area contributed by atoms with Crippen LogP contribution in [0.15, 0.2) is 42.5 Å². The number of ether oxygens (including phenoxy) is 1. The molecule has 2 aromatic heterocycles. The number of methoxy groups -OCH3 is 1. The van der Waals surface area contributed by atoms with E-state index >= 15 is 0 Å². The first kappa shape index (κ1) is 19.2. The van der Waals surface area contributed by atoms with E-state index in [1.807, 2.05) is 36.4 Å². The molecule has 0 bridgehead atoms. The minimum Gasteiger partial charge on any atom is -0.497 e. The van der Waals surface area contributed by atoms with Gasteiger partial charge in [-0.2, -0.15) is 0 Å². The number of benzene rings is 1. The van der Waals surface area contributed by atoms with Crippen LogP contribution in [0.4, 0.5) is 5.95 Å².